The van der Waals surface area contributed by atoms with Crippen molar-refractivity contribution in [3.05, 3.63) is 102 Å². The van der Waals surface area contributed by atoms with Gasteiger partial charge in [0, 0.05) is 16.4 Å². The van der Waals surface area contributed by atoms with E-state index in [9.17, 15) is 18.5 Å². The molecule has 0 aliphatic rings. The van der Waals surface area contributed by atoms with Gasteiger partial charge in [-0.25, -0.2) is 8.78 Å². The van der Waals surface area contributed by atoms with Gasteiger partial charge in [0.1, 0.15) is 11.9 Å². The largest absolute Gasteiger partial charge is 0.494 e. The molecule has 0 amide bonds. The Bertz CT molecular complexity index is 977. The van der Waals surface area contributed by atoms with Gasteiger partial charge in [0.15, 0.2) is 18.7 Å². The van der Waals surface area contributed by atoms with Crippen molar-refractivity contribution in [2.45, 2.75) is 6.10 Å². The maximum atomic E-state index is 14.9. The topological polar surface area (TPSA) is 46.5 Å². The second-order valence-electron chi connectivity index (χ2n) is 6.14. The van der Waals surface area contributed by atoms with Crippen LogP contribution in [0.3, 0.4) is 0 Å². The van der Waals surface area contributed by atoms with E-state index in [-0.39, 0.29) is 11.3 Å². The van der Waals surface area contributed by atoms with Gasteiger partial charge in [-0.05, 0) is 17.7 Å². The lowest BCUT2D eigenvalue weighted by Crippen LogP contribution is -2.15. The molecule has 3 nitrogen and oxygen atoms in total. The van der Waals surface area contributed by atoms with Gasteiger partial charge in [0.05, 0.1) is 7.11 Å². The van der Waals surface area contributed by atoms with Crippen LogP contribution in [-0.4, -0.2) is 12.2 Å². The quantitative estimate of drug-likeness (QED) is 0.611. The van der Waals surface area contributed by atoms with Gasteiger partial charge in [-0.15, -0.1) is 0 Å². The lowest BCUT2D eigenvalue weighted by molar-refractivity contribution is 0.186. The van der Waals surface area contributed by atoms with E-state index >= 15 is 0 Å². The van der Waals surface area contributed by atoms with Gasteiger partial charge in [-0.1, -0.05) is 66.7 Å². The maximum Gasteiger partial charge on any atom is 0.166 e. The van der Waals surface area contributed by atoms with Crippen molar-refractivity contribution in [1.29, 1.82) is 0 Å². The summed E-state index contributed by atoms with van der Waals surface area (Å²) < 4.78 is 47.5. The Morgan fingerprint density at radius 2 is 1.54 bits per heavy atom. The van der Waals surface area contributed by atoms with E-state index in [1.165, 1.54) is 19.2 Å². The molecule has 0 bridgehead atoms. The van der Waals surface area contributed by atoms with E-state index < -0.39 is 24.9 Å². The Hall–Kier alpha value is -2.75. The third-order valence-electron chi connectivity index (χ3n) is 4.34. The monoisotopic (exact) mass is 400 g/mol. The summed E-state index contributed by atoms with van der Waals surface area (Å²) in [5.41, 5.74) is -0.000256. The molecule has 3 rings (SSSR count). The van der Waals surface area contributed by atoms with Gasteiger partial charge in [0.2, 0.25) is 0 Å². The van der Waals surface area contributed by atoms with Gasteiger partial charge in [0.25, 0.3) is 0 Å². The molecule has 28 heavy (non-hydrogen) atoms. The summed E-state index contributed by atoms with van der Waals surface area (Å²) >= 11 is 0. The van der Waals surface area contributed by atoms with E-state index in [2.05, 4.69) is 0 Å². The van der Waals surface area contributed by atoms with Crippen molar-refractivity contribution in [2.24, 2.45) is 0 Å². The normalized spacial score (nSPS) is 13.2. The molecule has 1 N–H and O–H groups in total. The summed E-state index contributed by atoms with van der Waals surface area (Å²) in [6.45, 7) is 0. The molecule has 0 aliphatic carbocycles. The van der Waals surface area contributed by atoms with E-state index in [1.807, 2.05) is 0 Å². The predicted molar refractivity (Wildman–Crippen MR) is 107 cm³/mol. The molecule has 6 heteroatoms. The molecule has 1 unspecified atom stereocenters. The smallest absolute Gasteiger partial charge is 0.166 e. The van der Waals surface area contributed by atoms with Crippen LogP contribution in [0, 0.1) is 5.82 Å². The molecule has 3 aromatic carbocycles. The minimum absolute atomic E-state index is 0.000256. The molecule has 1 atom stereocenters. The van der Waals surface area contributed by atoms with Crippen LogP contribution in [0.4, 0.5) is 8.78 Å². The highest BCUT2D eigenvalue weighted by molar-refractivity contribution is 7.81. The third kappa shape index (κ3) is 4.06. The van der Waals surface area contributed by atoms with Crippen LogP contribution in [0.2, 0.25) is 0 Å². The molecular weight excluding hydrogens is 381 g/mol. The highest BCUT2D eigenvalue weighted by Gasteiger charge is 2.28. The van der Waals surface area contributed by atoms with E-state index in [1.54, 1.807) is 60.7 Å². The average molecular weight is 400 g/mol. The Balaban J connectivity index is 2.05. The van der Waals surface area contributed by atoms with Crippen molar-refractivity contribution >= 4 is 17.8 Å². The van der Waals surface area contributed by atoms with Gasteiger partial charge < -0.3 is 14.4 Å². The fourth-order valence-electron chi connectivity index (χ4n) is 2.85. The van der Waals surface area contributed by atoms with Crippen LogP contribution in [-0.2, 0) is 4.57 Å². The number of aliphatic hydroxyl groups excluding tert-OH is 1. The molecular formula is C22H19F2O3P. The zero-order valence-electron chi connectivity index (χ0n) is 15.1. The SMILES string of the molecule is COc1ccc(C(O)/C(F)=C\P(=O)(c2ccccc2)c2ccccc2)cc1F. The van der Waals surface area contributed by atoms with E-state index in [4.69, 9.17) is 4.74 Å². The lowest BCUT2D eigenvalue weighted by Gasteiger charge is -2.17. The Kier molecular flexibility index (Phi) is 6.08. The second-order valence-corrected chi connectivity index (χ2v) is 8.75. The van der Waals surface area contributed by atoms with Crippen molar-refractivity contribution in [2.75, 3.05) is 7.11 Å². The van der Waals surface area contributed by atoms with Crippen molar-refractivity contribution < 1.29 is 23.2 Å². The number of halogens is 2. The van der Waals surface area contributed by atoms with Crippen LogP contribution in [0.25, 0.3) is 0 Å². The van der Waals surface area contributed by atoms with Gasteiger partial charge in [-0.2, -0.15) is 0 Å². The molecule has 0 spiro atoms. The van der Waals surface area contributed by atoms with Crippen molar-refractivity contribution in [1.82, 2.24) is 0 Å². The van der Waals surface area contributed by atoms with Crippen LogP contribution in [0.1, 0.15) is 11.7 Å². The van der Waals surface area contributed by atoms with E-state index in [0.29, 0.717) is 10.6 Å². The standard InChI is InChI=1S/C22H19F2O3P/c1-27-21-13-12-16(14-19(21)23)22(25)20(24)15-28(26,17-8-4-2-5-9-17)18-10-6-3-7-11-18/h2-15,22,25H,1H3/b20-15+. The summed E-state index contributed by atoms with van der Waals surface area (Å²) in [4.78, 5) is 0. The first-order valence-corrected chi connectivity index (χ1v) is 10.3. The van der Waals surface area contributed by atoms with Crippen molar-refractivity contribution in [3.8, 4) is 5.75 Å². The number of methoxy groups -OCH3 is 1. The molecule has 0 fully saturated rings. The fourth-order valence-corrected chi connectivity index (χ4v) is 5.17. The zero-order valence-corrected chi connectivity index (χ0v) is 16.0. The molecule has 0 aliphatic heterocycles. The fraction of sp³-hybridized carbons (Fsp3) is 0.0909. The Morgan fingerprint density at radius 1 is 1.00 bits per heavy atom. The average Bonchev–Trinajstić information content (AvgIpc) is 2.74. The summed E-state index contributed by atoms with van der Waals surface area (Å²) in [6, 6.07) is 20.7. The number of ether oxygens (including phenoxy) is 1. The molecule has 0 aromatic heterocycles. The minimum Gasteiger partial charge on any atom is -0.494 e. The highest BCUT2D eigenvalue weighted by Crippen LogP contribution is 2.47. The maximum absolute atomic E-state index is 14.9. The molecule has 0 radical (unpaired) electrons. The van der Waals surface area contributed by atoms with Gasteiger partial charge >= 0.3 is 0 Å². The summed E-state index contributed by atoms with van der Waals surface area (Å²) in [7, 11) is -2.19. The number of benzene rings is 3. The number of aliphatic hydroxyl groups is 1. The lowest BCUT2D eigenvalue weighted by atomic mass is 10.1. The summed E-state index contributed by atoms with van der Waals surface area (Å²) in [5, 5.41) is 11.2. The summed E-state index contributed by atoms with van der Waals surface area (Å²) in [6.07, 6.45) is -1.75. The number of rotatable bonds is 6. The number of hydrogen-bond acceptors (Lipinski definition) is 3. The van der Waals surface area contributed by atoms with Crippen LogP contribution in [0.15, 0.2) is 90.5 Å². The zero-order chi connectivity index (χ0) is 20.1. The predicted octanol–water partition coefficient (Wildman–Crippen LogP) is 4.69. The van der Waals surface area contributed by atoms with Crippen LogP contribution >= 0.6 is 7.14 Å². The number of hydrogen-bond donors (Lipinski definition) is 1. The van der Waals surface area contributed by atoms with Crippen molar-refractivity contribution in [3.63, 3.8) is 0 Å². The molecule has 144 valence electrons. The van der Waals surface area contributed by atoms with Gasteiger partial charge in [-0.3, -0.25) is 0 Å². The van der Waals surface area contributed by atoms with E-state index in [0.717, 1.165) is 11.9 Å². The molecule has 3 aromatic rings. The second kappa shape index (κ2) is 8.51. The van der Waals surface area contributed by atoms with Crippen LogP contribution in [0.5, 0.6) is 5.75 Å². The Labute approximate surface area is 162 Å². The first-order valence-electron chi connectivity index (χ1n) is 8.56. The minimum atomic E-state index is -3.50. The Morgan fingerprint density at radius 3 is 2.00 bits per heavy atom. The third-order valence-corrected chi connectivity index (χ3v) is 7.08. The first kappa shape index (κ1) is 20.0. The molecule has 0 saturated heterocycles. The first-order chi connectivity index (χ1) is 13.5. The molecule has 0 saturated carbocycles. The summed E-state index contributed by atoms with van der Waals surface area (Å²) in [5.74, 6) is -0.800. The highest BCUT2D eigenvalue weighted by atomic mass is 31.2. The van der Waals surface area contributed by atoms with Crippen LogP contribution < -0.4 is 15.3 Å². The molecule has 0 heterocycles.